The topological polar surface area (TPSA) is 94.8 Å². The fourth-order valence-corrected chi connectivity index (χ4v) is 2.20. The Kier molecular flexibility index (Phi) is 4.98. The molecule has 128 valence electrons. The summed E-state index contributed by atoms with van der Waals surface area (Å²) < 4.78 is 7.40. The number of hydrogen-bond acceptors (Lipinski definition) is 6. The van der Waals surface area contributed by atoms with Crippen LogP contribution in [0.1, 0.15) is 36.1 Å². The molecular formula is C17H18N6O2. The Morgan fingerprint density at radius 1 is 1.16 bits per heavy atom. The van der Waals surface area contributed by atoms with Gasteiger partial charge in [-0.1, -0.05) is 0 Å². The highest BCUT2D eigenvalue weighted by atomic mass is 16.5. The number of nitrogens with one attached hydrogen (secondary N) is 1. The minimum atomic E-state index is -0.193. The third-order valence-electron chi connectivity index (χ3n) is 3.47. The minimum Gasteiger partial charge on any atom is -0.486 e. The van der Waals surface area contributed by atoms with E-state index in [4.69, 9.17) is 4.74 Å². The van der Waals surface area contributed by atoms with Crippen molar-refractivity contribution in [3.63, 3.8) is 0 Å². The van der Waals surface area contributed by atoms with Gasteiger partial charge in [0.1, 0.15) is 12.4 Å². The third kappa shape index (κ3) is 4.17. The first-order valence-corrected chi connectivity index (χ1v) is 7.84. The lowest BCUT2D eigenvalue weighted by Crippen LogP contribution is -2.12. The molecule has 1 N–H and O–H groups in total. The standard InChI is InChI=1S/C17H18N6O2/c1-12(2)23-16(20-21-22-23)11-25-15-5-3-13(4-6-15)17(24)19-14-7-9-18-10-8-14/h3-10,12H,11H2,1-2H3,(H,18,19,24). The Labute approximate surface area is 144 Å². The van der Waals surface area contributed by atoms with E-state index in [0.29, 0.717) is 22.8 Å². The molecule has 3 aromatic rings. The van der Waals surface area contributed by atoms with Crippen molar-refractivity contribution in [3.05, 3.63) is 60.2 Å². The van der Waals surface area contributed by atoms with Crippen molar-refractivity contribution in [2.45, 2.75) is 26.5 Å². The van der Waals surface area contributed by atoms with E-state index >= 15 is 0 Å². The normalized spacial score (nSPS) is 10.7. The summed E-state index contributed by atoms with van der Waals surface area (Å²) in [6.07, 6.45) is 3.24. The number of carbonyl (C=O) groups excluding carboxylic acids is 1. The molecule has 0 radical (unpaired) electrons. The summed E-state index contributed by atoms with van der Waals surface area (Å²) in [5.41, 5.74) is 1.23. The number of rotatable bonds is 6. The summed E-state index contributed by atoms with van der Waals surface area (Å²) in [4.78, 5) is 16.1. The first kappa shape index (κ1) is 16.6. The maximum absolute atomic E-state index is 12.2. The quantitative estimate of drug-likeness (QED) is 0.742. The predicted molar refractivity (Wildman–Crippen MR) is 91.2 cm³/mol. The van der Waals surface area contributed by atoms with Crippen LogP contribution in [-0.4, -0.2) is 31.1 Å². The van der Waals surface area contributed by atoms with Crippen molar-refractivity contribution >= 4 is 11.6 Å². The van der Waals surface area contributed by atoms with Crippen LogP contribution in [0.25, 0.3) is 0 Å². The zero-order chi connectivity index (χ0) is 17.6. The Balaban J connectivity index is 1.60. The van der Waals surface area contributed by atoms with Crippen molar-refractivity contribution in [3.8, 4) is 5.75 Å². The second kappa shape index (κ2) is 7.52. The number of aromatic nitrogens is 5. The van der Waals surface area contributed by atoms with E-state index in [1.54, 1.807) is 53.5 Å². The number of benzene rings is 1. The lowest BCUT2D eigenvalue weighted by atomic mass is 10.2. The fourth-order valence-electron chi connectivity index (χ4n) is 2.20. The molecule has 2 aromatic heterocycles. The van der Waals surface area contributed by atoms with Crippen molar-refractivity contribution in [2.75, 3.05) is 5.32 Å². The largest absolute Gasteiger partial charge is 0.486 e. The lowest BCUT2D eigenvalue weighted by Gasteiger charge is -2.10. The number of anilines is 1. The highest BCUT2D eigenvalue weighted by Crippen LogP contribution is 2.15. The molecule has 0 saturated carbocycles. The highest BCUT2D eigenvalue weighted by molar-refractivity contribution is 6.04. The second-order valence-electron chi connectivity index (χ2n) is 5.64. The number of ether oxygens (including phenoxy) is 1. The molecule has 0 saturated heterocycles. The van der Waals surface area contributed by atoms with Gasteiger partial charge in [0.25, 0.3) is 5.91 Å². The maximum atomic E-state index is 12.2. The van der Waals surface area contributed by atoms with Crippen LogP contribution >= 0.6 is 0 Å². The van der Waals surface area contributed by atoms with E-state index < -0.39 is 0 Å². The van der Waals surface area contributed by atoms with Crippen molar-refractivity contribution in [2.24, 2.45) is 0 Å². The number of tetrazole rings is 1. The van der Waals surface area contributed by atoms with Crippen LogP contribution in [0, 0.1) is 0 Å². The predicted octanol–water partition coefficient (Wildman–Crippen LogP) is 2.48. The van der Waals surface area contributed by atoms with E-state index in [2.05, 4.69) is 25.8 Å². The van der Waals surface area contributed by atoms with Gasteiger partial charge in [-0.15, -0.1) is 5.10 Å². The number of carbonyl (C=O) groups is 1. The van der Waals surface area contributed by atoms with Crippen LogP contribution in [-0.2, 0) is 6.61 Å². The molecule has 1 amide bonds. The molecule has 0 unspecified atom stereocenters. The summed E-state index contributed by atoms with van der Waals surface area (Å²) in [6, 6.07) is 10.5. The van der Waals surface area contributed by atoms with Gasteiger partial charge in [0.15, 0.2) is 5.82 Å². The van der Waals surface area contributed by atoms with Crippen LogP contribution in [0.15, 0.2) is 48.8 Å². The summed E-state index contributed by atoms with van der Waals surface area (Å²) in [5.74, 6) is 1.09. The zero-order valence-corrected chi connectivity index (χ0v) is 14.0. The number of hydrogen-bond donors (Lipinski definition) is 1. The third-order valence-corrected chi connectivity index (χ3v) is 3.47. The van der Waals surface area contributed by atoms with Crippen LogP contribution in [0.4, 0.5) is 5.69 Å². The average Bonchev–Trinajstić information content (AvgIpc) is 3.10. The van der Waals surface area contributed by atoms with E-state index in [1.807, 2.05) is 13.8 Å². The molecule has 8 nitrogen and oxygen atoms in total. The van der Waals surface area contributed by atoms with Crippen LogP contribution < -0.4 is 10.1 Å². The highest BCUT2D eigenvalue weighted by Gasteiger charge is 2.10. The van der Waals surface area contributed by atoms with E-state index in [-0.39, 0.29) is 18.6 Å². The Bertz CT molecular complexity index is 830. The molecule has 25 heavy (non-hydrogen) atoms. The Morgan fingerprint density at radius 3 is 2.56 bits per heavy atom. The summed E-state index contributed by atoms with van der Waals surface area (Å²) in [6.45, 7) is 4.25. The molecule has 8 heteroatoms. The number of pyridine rings is 1. The second-order valence-corrected chi connectivity index (χ2v) is 5.64. The monoisotopic (exact) mass is 338 g/mol. The minimum absolute atomic E-state index is 0.160. The van der Waals surface area contributed by atoms with Gasteiger partial charge < -0.3 is 10.1 Å². The molecule has 0 atom stereocenters. The molecule has 2 heterocycles. The van der Waals surface area contributed by atoms with Crippen LogP contribution in [0.3, 0.4) is 0 Å². The van der Waals surface area contributed by atoms with Crippen molar-refractivity contribution in [1.82, 2.24) is 25.2 Å². The Morgan fingerprint density at radius 2 is 1.88 bits per heavy atom. The van der Waals surface area contributed by atoms with Crippen molar-refractivity contribution in [1.29, 1.82) is 0 Å². The van der Waals surface area contributed by atoms with Gasteiger partial charge in [0, 0.05) is 23.6 Å². The first-order chi connectivity index (χ1) is 12.1. The zero-order valence-electron chi connectivity index (χ0n) is 14.0. The van der Waals surface area contributed by atoms with Gasteiger partial charge in [-0.3, -0.25) is 9.78 Å². The maximum Gasteiger partial charge on any atom is 0.255 e. The number of amides is 1. The molecule has 0 spiro atoms. The average molecular weight is 338 g/mol. The SMILES string of the molecule is CC(C)n1nnnc1COc1ccc(C(=O)Nc2ccncc2)cc1. The van der Waals surface area contributed by atoms with Crippen LogP contribution in [0.5, 0.6) is 5.75 Å². The van der Waals surface area contributed by atoms with Gasteiger partial charge in [-0.05, 0) is 60.7 Å². The van der Waals surface area contributed by atoms with Crippen LogP contribution in [0.2, 0.25) is 0 Å². The van der Waals surface area contributed by atoms with Gasteiger partial charge in [0.05, 0.1) is 6.04 Å². The first-order valence-electron chi connectivity index (χ1n) is 7.84. The van der Waals surface area contributed by atoms with Gasteiger partial charge >= 0.3 is 0 Å². The summed E-state index contributed by atoms with van der Waals surface area (Å²) in [7, 11) is 0. The molecule has 3 rings (SSSR count). The Hall–Kier alpha value is -3.29. The lowest BCUT2D eigenvalue weighted by molar-refractivity contribution is 0.102. The molecule has 0 fully saturated rings. The van der Waals surface area contributed by atoms with Gasteiger partial charge in [-0.2, -0.15) is 0 Å². The number of nitrogens with zero attached hydrogens (tertiary/aromatic N) is 5. The fraction of sp³-hybridized carbons (Fsp3) is 0.235. The van der Waals surface area contributed by atoms with Crippen molar-refractivity contribution < 1.29 is 9.53 Å². The summed E-state index contributed by atoms with van der Waals surface area (Å²) in [5, 5.41) is 14.3. The molecular weight excluding hydrogens is 320 g/mol. The van der Waals surface area contributed by atoms with E-state index in [9.17, 15) is 4.79 Å². The van der Waals surface area contributed by atoms with E-state index in [1.165, 1.54) is 0 Å². The van der Waals surface area contributed by atoms with Gasteiger partial charge in [0.2, 0.25) is 0 Å². The van der Waals surface area contributed by atoms with Gasteiger partial charge in [-0.25, -0.2) is 4.68 Å². The molecule has 0 aliphatic heterocycles. The molecule has 1 aromatic carbocycles. The molecule has 0 aliphatic carbocycles. The summed E-state index contributed by atoms with van der Waals surface area (Å²) >= 11 is 0. The molecule has 0 aliphatic rings. The molecule has 0 bridgehead atoms. The van der Waals surface area contributed by atoms with E-state index in [0.717, 1.165) is 0 Å². The smallest absolute Gasteiger partial charge is 0.255 e.